The molecule has 0 aliphatic rings. The van der Waals surface area contributed by atoms with Crippen molar-refractivity contribution in [3.8, 4) is 11.8 Å². The Hall–Kier alpha value is -3.32. The molecule has 2 aromatic heterocycles. The quantitative estimate of drug-likeness (QED) is 0.463. The minimum atomic E-state index is -2.80. The molecule has 0 aliphatic carbocycles. The predicted molar refractivity (Wildman–Crippen MR) is 103 cm³/mol. The summed E-state index contributed by atoms with van der Waals surface area (Å²) in [7, 11) is 1.48. The number of amides is 1. The largest absolute Gasteiger partial charge is 0.492 e. The van der Waals surface area contributed by atoms with E-state index < -0.39 is 29.7 Å². The number of hydrogen-bond donors (Lipinski definition) is 1. The van der Waals surface area contributed by atoms with Crippen molar-refractivity contribution in [2.24, 2.45) is 13.0 Å². The molecule has 150 valence electrons. The van der Waals surface area contributed by atoms with Gasteiger partial charge in [0.25, 0.3) is 6.43 Å². The molecule has 1 amide bonds. The van der Waals surface area contributed by atoms with Gasteiger partial charge in [-0.1, -0.05) is 12.1 Å². The van der Waals surface area contributed by atoms with Gasteiger partial charge in [0.05, 0.1) is 23.2 Å². The summed E-state index contributed by atoms with van der Waals surface area (Å²) in [5.74, 6) is -2.82. The maximum absolute atomic E-state index is 13.1. The number of nitrogens with one attached hydrogen (secondary N) is 1. The van der Waals surface area contributed by atoms with E-state index in [1.54, 1.807) is 37.3 Å². The van der Waals surface area contributed by atoms with E-state index in [0.717, 1.165) is 11.3 Å². The fourth-order valence-electron chi connectivity index (χ4n) is 2.78. The molecule has 7 nitrogen and oxygen atoms in total. The number of alkyl halides is 2. The number of nitriles is 1. The Morgan fingerprint density at radius 1 is 1.38 bits per heavy atom. The molecule has 1 aromatic carbocycles. The number of carbonyl (C=O) groups excluding carboxylic acids is 2. The molecule has 0 radical (unpaired) electrons. The number of halogens is 2. The molecule has 2 heterocycles. The van der Waals surface area contributed by atoms with Crippen LogP contribution in [-0.2, 0) is 11.8 Å². The smallest absolute Gasteiger partial charge is 0.282 e. The van der Waals surface area contributed by atoms with Crippen LogP contribution >= 0.6 is 11.3 Å². The normalized spacial score (nSPS) is 12.0. The van der Waals surface area contributed by atoms with Crippen molar-refractivity contribution >= 4 is 38.9 Å². The molecular weight excluding hydrogens is 402 g/mol. The van der Waals surface area contributed by atoms with Crippen LogP contribution in [0.15, 0.2) is 30.3 Å². The van der Waals surface area contributed by atoms with Gasteiger partial charge < -0.3 is 10.1 Å². The third-order valence-electron chi connectivity index (χ3n) is 4.09. The second kappa shape index (κ2) is 8.36. The second-order valence-corrected chi connectivity index (χ2v) is 7.01. The van der Waals surface area contributed by atoms with Crippen molar-refractivity contribution < 1.29 is 23.1 Å². The van der Waals surface area contributed by atoms with E-state index in [1.807, 2.05) is 0 Å². The predicted octanol–water partition coefficient (Wildman–Crippen LogP) is 3.93. The van der Waals surface area contributed by atoms with Crippen molar-refractivity contribution in [3.63, 3.8) is 0 Å². The molecule has 0 bridgehead atoms. The average Bonchev–Trinajstić information content (AvgIpc) is 3.25. The Balaban J connectivity index is 1.87. The van der Waals surface area contributed by atoms with Crippen LogP contribution in [0.5, 0.6) is 5.75 Å². The zero-order chi connectivity index (χ0) is 21.1. The summed E-state index contributed by atoms with van der Waals surface area (Å²) in [6.45, 7) is 2.15. The van der Waals surface area contributed by atoms with Gasteiger partial charge in [-0.2, -0.15) is 10.4 Å². The highest BCUT2D eigenvalue weighted by Crippen LogP contribution is 2.34. The van der Waals surface area contributed by atoms with Crippen molar-refractivity contribution in [1.82, 2.24) is 9.78 Å². The van der Waals surface area contributed by atoms with E-state index in [-0.39, 0.29) is 10.3 Å². The van der Waals surface area contributed by atoms with Gasteiger partial charge in [0.15, 0.2) is 11.7 Å². The number of para-hydroxylation sites is 2. The number of thiophene rings is 1. The number of rotatable bonds is 7. The van der Waals surface area contributed by atoms with Crippen LogP contribution in [0.4, 0.5) is 14.5 Å². The number of fused-ring (bicyclic) bond motifs is 1. The Kier molecular flexibility index (Phi) is 5.89. The molecule has 0 aliphatic heterocycles. The Bertz CT molecular complexity index is 1120. The number of aryl methyl sites for hydroxylation is 1. The van der Waals surface area contributed by atoms with E-state index in [1.165, 1.54) is 17.8 Å². The first-order valence-electron chi connectivity index (χ1n) is 8.58. The summed E-state index contributed by atoms with van der Waals surface area (Å²) < 4.78 is 32.9. The number of carbonyl (C=O) groups is 2. The van der Waals surface area contributed by atoms with Crippen LogP contribution in [0.3, 0.4) is 0 Å². The summed E-state index contributed by atoms with van der Waals surface area (Å²) in [6.07, 6.45) is -2.80. The lowest BCUT2D eigenvalue weighted by Gasteiger charge is -2.12. The molecule has 0 saturated carbocycles. The fraction of sp³-hybridized carbons (Fsp3) is 0.263. The zero-order valence-electron chi connectivity index (χ0n) is 15.5. The van der Waals surface area contributed by atoms with E-state index in [0.29, 0.717) is 22.9 Å². The number of anilines is 1. The lowest BCUT2D eigenvalue weighted by Crippen LogP contribution is -2.28. The Morgan fingerprint density at radius 3 is 2.76 bits per heavy atom. The number of benzene rings is 1. The highest BCUT2D eigenvalue weighted by atomic mass is 32.1. The second-order valence-electron chi connectivity index (χ2n) is 5.98. The molecule has 29 heavy (non-hydrogen) atoms. The topological polar surface area (TPSA) is 97.0 Å². The van der Waals surface area contributed by atoms with Gasteiger partial charge in [-0.05, 0) is 25.1 Å². The minimum absolute atomic E-state index is 0.0368. The molecule has 0 saturated heterocycles. The van der Waals surface area contributed by atoms with Gasteiger partial charge in [-0.15, -0.1) is 11.3 Å². The first-order chi connectivity index (χ1) is 13.9. The first-order valence-corrected chi connectivity index (χ1v) is 9.40. The maximum Gasteiger partial charge on any atom is 0.282 e. The molecule has 1 atom stereocenters. The molecule has 3 rings (SSSR count). The number of ketones is 1. The van der Waals surface area contributed by atoms with Crippen molar-refractivity contribution in [2.45, 2.75) is 13.3 Å². The molecule has 3 aromatic rings. The molecular formula is C19H16F2N4O3S. The van der Waals surface area contributed by atoms with Gasteiger partial charge in [0.1, 0.15) is 16.3 Å². The molecule has 1 N–H and O–H groups in total. The lowest BCUT2D eigenvalue weighted by molar-refractivity contribution is -0.117. The van der Waals surface area contributed by atoms with Gasteiger partial charge >= 0.3 is 0 Å². The summed E-state index contributed by atoms with van der Waals surface area (Å²) in [6, 6.07) is 9.57. The monoisotopic (exact) mass is 418 g/mol. The maximum atomic E-state index is 13.1. The van der Waals surface area contributed by atoms with Crippen LogP contribution in [0.1, 0.15) is 28.7 Å². The van der Waals surface area contributed by atoms with E-state index in [2.05, 4.69) is 10.4 Å². The third kappa shape index (κ3) is 3.95. The number of hydrogen-bond acceptors (Lipinski definition) is 6. The fourth-order valence-corrected chi connectivity index (χ4v) is 3.83. The van der Waals surface area contributed by atoms with E-state index >= 15 is 0 Å². The van der Waals surface area contributed by atoms with Crippen LogP contribution in [-0.4, -0.2) is 28.1 Å². The molecule has 10 heteroatoms. The zero-order valence-corrected chi connectivity index (χ0v) is 16.3. The third-order valence-corrected chi connectivity index (χ3v) is 5.30. The van der Waals surface area contributed by atoms with Gasteiger partial charge in [0.2, 0.25) is 5.91 Å². The van der Waals surface area contributed by atoms with Crippen molar-refractivity contribution in [2.75, 3.05) is 11.9 Å². The van der Waals surface area contributed by atoms with Crippen LogP contribution < -0.4 is 10.1 Å². The van der Waals surface area contributed by atoms with Gasteiger partial charge in [-0.3, -0.25) is 14.3 Å². The summed E-state index contributed by atoms with van der Waals surface area (Å²) in [4.78, 5) is 25.7. The van der Waals surface area contributed by atoms with Crippen molar-refractivity contribution in [3.05, 3.63) is 40.9 Å². The molecule has 0 spiro atoms. The SMILES string of the molecule is CCOc1ccccc1NC(=O)C(C#N)C(=O)c1cc2c(C(F)F)nn(C)c2s1. The van der Waals surface area contributed by atoms with Gasteiger partial charge in [-0.25, -0.2) is 8.78 Å². The number of ether oxygens (including phenoxy) is 1. The van der Waals surface area contributed by atoms with Crippen LogP contribution in [0.2, 0.25) is 0 Å². The highest BCUT2D eigenvalue weighted by molar-refractivity contribution is 7.20. The highest BCUT2D eigenvalue weighted by Gasteiger charge is 2.31. The van der Waals surface area contributed by atoms with Gasteiger partial charge in [0, 0.05) is 12.4 Å². The summed E-state index contributed by atoms with van der Waals surface area (Å²) in [5.41, 5.74) is -0.116. The van der Waals surface area contributed by atoms with Crippen LogP contribution in [0.25, 0.3) is 10.2 Å². The lowest BCUT2D eigenvalue weighted by atomic mass is 10.0. The standard InChI is InChI=1S/C19H16F2N4O3S/c1-3-28-13-7-5-4-6-12(13)23-18(27)11(9-22)16(26)14-8-10-15(17(20)21)24-25(2)19(10)29-14/h4-8,11,17H,3H2,1-2H3,(H,23,27). The molecule has 0 fully saturated rings. The van der Waals surface area contributed by atoms with E-state index in [9.17, 15) is 23.6 Å². The van der Waals surface area contributed by atoms with E-state index in [4.69, 9.17) is 4.74 Å². The average molecular weight is 418 g/mol. The molecule has 1 unspecified atom stereocenters. The summed E-state index contributed by atoms with van der Waals surface area (Å²) >= 11 is 0.911. The Morgan fingerprint density at radius 2 is 2.10 bits per heavy atom. The number of aromatic nitrogens is 2. The minimum Gasteiger partial charge on any atom is -0.492 e. The van der Waals surface area contributed by atoms with Crippen molar-refractivity contribution in [1.29, 1.82) is 5.26 Å². The summed E-state index contributed by atoms with van der Waals surface area (Å²) in [5, 5.41) is 15.8. The number of Topliss-reactive ketones (excluding diaryl/α,β-unsaturated/α-hetero) is 1. The number of nitrogens with zero attached hydrogens (tertiary/aromatic N) is 3. The van der Waals surface area contributed by atoms with Crippen LogP contribution in [0, 0.1) is 17.2 Å². The first kappa shape index (κ1) is 20.4. The Labute approximate surface area is 168 Å².